The Morgan fingerprint density at radius 3 is 2.80 bits per heavy atom. The molecular weight excluding hydrogens is 330 g/mol. The van der Waals surface area contributed by atoms with E-state index in [0.29, 0.717) is 26.3 Å². The number of carbonyl (C=O) groups excluding carboxylic acids is 1. The van der Waals surface area contributed by atoms with Gasteiger partial charge >= 0.3 is 0 Å². The highest BCUT2D eigenvalue weighted by atomic mass is 19.3. The number of halogens is 2. The van der Waals surface area contributed by atoms with Crippen molar-refractivity contribution >= 4 is 5.91 Å². The highest BCUT2D eigenvalue weighted by Gasteiger charge is 2.55. The van der Waals surface area contributed by atoms with Gasteiger partial charge in [0.25, 0.3) is 0 Å². The number of pyridine rings is 1. The Hall–Kier alpha value is -1.60. The third-order valence-electron chi connectivity index (χ3n) is 5.35. The third kappa shape index (κ3) is 3.53. The maximum atomic E-state index is 12.9. The number of amides is 1. The summed E-state index contributed by atoms with van der Waals surface area (Å²) in [7, 11) is 0. The minimum atomic E-state index is -2.66. The first kappa shape index (κ1) is 16.8. The van der Waals surface area contributed by atoms with Crippen LogP contribution in [0, 0.1) is 5.92 Å². The Kier molecular flexibility index (Phi) is 4.24. The van der Waals surface area contributed by atoms with Crippen molar-refractivity contribution in [2.24, 2.45) is 5.92 Å². The van der Waals surface area contributed by atoms with Gasteiger partial charge in [-0.05, 0) is 18.6 Å². The van der Waals surface area contributed by atoms with E-state index in [1.54, 1.807) is 11.1 Å². The molecule has 0 aromatic carbocycles. The fourth-order valence-corrected chi connectivity index (χ4v) is 3.93. The lowest BCUT2D eigenvalue weighted by Crippen LogP contribution is -2.68. The SMILES string of the molecule is O=C(C1CC(F)(F)C1)N1CC2(C[C@@H](OCc3ccccn3)CCO2)C1. The average Bonchev–Trinajstić information content (AvgIpc) is 2.56. The van der Waals surface area contributed by atoms with Crippen LogP contribution in [0.4, 0.5) is 8.78 Å². The number of ether oxygens (including phenoxy) is 2. The molecule has 0 bridgehead atoms. The number of hydrogen-bond donors (Lipinski definition) is 0. The van der Waals surface area contributed by atoms with E-state index in [4.69, 9.17) is 9.47 Å². The standard InChI is InChI=1S/C18H22F2N2O3/c19-18(20)7-13(8-18)16(23)22-11-17(12-22)9-15(4-6-25-17)24-10-14-3-1-2-5-21-14/h1-3,5,13,15H,4,6-12H2/t15-/m0/s1. The molecule has 1 atom stereocenters. The largest absolute Gasteiger partial charge is 0.372 e. The minimum Gasteiger partial charge on any atom is -0.372 e. The first-order valence-corrected chi connectivity index (χ1v) is 8.77. The van der Waals surface area contributed by atoms with Crippen LogP contribution in [-0.2, 0) is 20.9 Å². The Morgan fingerprint density at radius 2 is 2.12 bits per heavy atom. The number of nitrogens with zero attached hydrogens (tertiary/aromatic N) is 2. The van der Waals surface area contributed by atoms with Crippen molar-refractivity contribution in [3.8, 4) is 0 Å². The van der Waals surface area contributed by atoms with Crippen molar-refractivity contribution in [3.05, 3.63) is 30.1 Å². The van der Waals surface area contributed by atoms with Crippen LogP contribution in [0.15, 0.2) is 24.4 Å². The highest BCUT2D eigenvalue weighted by molar-refractivity contribution is 5.81. The molecule has 3 heterocycles. The Bertz CT molecular complexity index is 626. The molecule has 1 aliphatic carbocycles. The van der Waals surface area contributed by atoms with Crippen LogP contribution in [0.3, 0.4) is 0 Å². The van der Waals surface area contributed by atoms with E-state index < -0.39 is 11.8 Å². The molecule has 1 amide bonds. The van der Waals surface area contributed by atoms with Crippen molar-refractivity contribution in [1.29, 1.82) is 0 Å². The van der Waals surface area contributed by atoms with Gasteiger partial charge in [0, 0.05) is 38.0 Å². The lowest BCUT2D eigenvalue weighted by molar-refractivity contribution is -0.211. The Morgan fingerprint density at radius 1 is 1.32 bits per heavy atom. The van der Waals surface area contributed by atoms with Crippen LogP contribution in [0.25, 0.3) is 0 Å². The summed E-state index contributed by atoms with van der Waals surface area (Å²) < 4.78 is 37.7. The molecular formula is C18H22F2N2O3. The number of rotatable bonds is 4. The molecule has 25 heavy (non-hydrogen) atoms. The molecule has 2 saturated heterocycles. The third-order valence-corrected chi connectivity index (χ3v) is 5.35. The van der Waals surface area contributed by atoms with E-state index in [1.165, 1.54) is 0 Å². The lowest BCUT2D eigenvalue weighted by atomic mass is 9.77. The zero-order chi connectivity index (χ0) is 17.5. The van der Waals surface area contributed by atoms with Crippen LogP contribution in [-0.4, -0.2) is 53.1 Å². The van der Waals surface area contributed by atoms with Gasteiger partial charge in [-0.3, -0.25) is 9.78 Å². The van der Waals surface area contributed by atoms with Gasteiger partial charge in [0.05, 0.1) is 31.5 Å². The summed E-state index contributed by atoms with van der Waals surface area (Å²) in [4.78, 5) is 18.1. The quantitative estimate of drug-likeness (QED) is 0.835. The number of hydrogen-bond acceptors (Lipinski definition) is 4. The lowest BCUT2D eigenvalue weighted by Gasteiger charge is -2.54. The predicted molar refractivity (Wildman–Crippen MR) is 85.0 cm³/mol. The highest BCUT2D eigenvalue weighted by Crippen LogP contribution is 2.45. The molecule has 5 nitrogen and oxygen atoms in total. The zero-order valence-electron chi connectivity index (χ0n) is 14.0. The second kappa shape index (κ2) is 6.29. The van der Waals surface area contributed by atoms with E-state index >= 15 is 0 Å². The van der Waals surface area contributed by atoms with Crippen LogP contribution >= 0.6 is 0 Å². The molecule has 1 saturated carbocycles. The van der Waals surface area contributed by atoms with Crippen molar-refractivity contribution in [3.63, 3.8) is 0 Å². The molecule has 4 rings (SSSR count). The van der Waals surface area contributed by atoms with Gasteiger partial charge in [-0.25, -0.2) is 8.78 Å². The molecule has 0 unspecified atom stereocenters. The second-order valence-corrected chi connectivity index (χ2v) is 7.43. The molecule has 3 aliphatic rings. The minimum absolute atomic E-state index is 0.0704. The topological polar surface area (TPSA) is 51.7 Å². The first-order chi connectivity index (χ1) is 11.9. The second-order valence-electron chi connectivity index (χ2n) is 7.43. The molecule has 3 fully saturated rings. The van der Waals surface area contributed by atoms with Gasteiger partial charge < -0.3 is 14.4 Å². The molecule has 136 valence electrons. The van der Waals surface area contributed by atoms with E-state index in [0.717, 1.165) is 18.5 Å². The predicted octanol–water partition coefficient (Wildman–Crippen LogP) is 2.40. The molecule has 7 heteroatoms. The number of carbonyl (C=O) groups is 1. The number of likely N-dealkylation sites (tertiary alicyclic amines) is 1. The van der Waals surface area contributed by atoms with Gasteiger partial charge in [-0.15, -0.1) is 0 Å². The fourth-order valence-electron chi connectivity index (χ4n) is 3.93. The molecule has 1 aromatic rings. The Balaban J connectivity index is 1.26. The summed E-state index contributed by atoms with van der Waals surface area (Å²) in [6, 6.07) is 5.72. The summed E-state index contributed by atoms with van der Waals surface area (Å²) in [5.74, 6) is -3.34. The van der Waals surface area contributed by atoms with Crippen molar-refractivity contribution in [2.75, 3.05) is 19.7 Å². The van der Waals surface area contributed by atoms with Gasteiger partial charge in [0.15, 0.2) is 0 Å². The summed E-state index contributed by atoms with van der Waals surface area (Å²) >= 11 is 0. The molecule has 0 N–H and O–H groups in total. The number of alkyl halides is 2. The van der Waals surface area contributed by atoms with Crippen LogP contribution in [0.1, 0.15) is 31.4 Å². The summed E-state index contributed by atoms with van der Waals surface area (Å²) in [6.07, 6.45) is 2.73. The average molecular weight is 352 g/mol. The fraction of sp³-hybridized carbons (Fsp3) is 0.667. The first-order valence-electron chi connectivity index (χ1n) is 8.77. The molecule has 1 spiro atoms. The number of aromatic nitrogens is 1. The summed E-state index contributed by atoms with van der Waals surface area (Å²) in [5.41, 5.74) is 0.522. The zero-order valence-corrected chi connectivity index (χ0v) is 14.0. The van der Waals surface area contributed by atoms with Crippen molar-refractivity contribution < 1.29 is 23.0 Å². The van der Waals surface area contributed by atoms with E-state index in [2.05, 4.69) is 4.98 Å². The molecule has 1 aromatic heterocycles. The maximum Gasteiger partial charge on any atom is 0.249 e. The van der Waals surface area contributed by atoms with Gasteiger partial charge in [-0.2, -0.15) is 0 Å². The smallest absolute Gasteiger partial charge is 0.249 e. The van der Waals surface area contributed by atoms with E-state index in [1.807, 2.05) is 18.2 Å². The maximum absolute atomic E-state index is 12.9. The summed E-state index contributed by atoms with van der Waals surface area (Å²) in [6.45, 7) is 2.02. The molecule has 2 aliphatic heterocycles. The van der Waals surface area contributed by atoms with E-state index in [-0.39, 0.29) is 30.5 Å². The van der Waals surface area contributed by atoms with Crippen molar-refractivity contribution in [2.45, 2.75) is 49.9 Å². The van der Waals surface area contributed by atoms with Gasteiger partial charge in [0.2, 0.25) is 11.8 Å². The van der Waals surface area contributed by atoms with Crippen LogP contribution in [0.5, 0.6) is 0 Å². The monoisotopic (exact) mass is 352 g/mol. The van der Waals surface area contributed by atoms with Gasteiger partial charge in [-0.1, -0.05) is 6.07 Å². The molecule has 0 radical (unpaired) electrons. The van der Waals surface area contributed by atoms with Gasteiger partial charge in [0.1, 0.15) is 5.60 Å². The van der Waals surface area contributed by atoms with E-state index in [9.17, 15) is 13.6 Å². The van der Waals surface area contributed by atoms with Crippen LogP contribution in [0.2, 0.25) is 0 Å². The van der Waals surface area contributed by atoms with Crippen molar-refractivity contribution in [1.82, 2.24) is 9.88 Å². The Labute approximate surface area is 145 Å². The normalized spacial score (nSPS) is 27.6. The summed E-state index contributed by atoms with van der Waals surface area (Å²) in [5, 5.41) is 0. The van der Waals surface area contributed by atoms with Crippen LogP contribution < -0.4 is 0 Å².